The summed E-state index contributed by atoms with van der Waals surface area (Å²) in [7, 11) is 2.89. The maximum atomic E-state index is 13.2. The van der Waals surface area contributed by atoms with Gasteiger partial charge in [-0.3, -0.25) is 14.4 Å². The Morgan fingerprint density at radius 1 is 0.943 bits per heavy atom. The predicted octanol–water partition coefficient (Wildman–Crippen LogP) is 4.10. The molecule has 0 aromatic heterocycles. The van der Waals surface area contributed by atoms with Crippen LogP contribution in [0.25, 0.3) is 0 Å². The highest BCUT2D eigenvalue weighted by Crippen LogP contribution is 2.37. The molecule has 9 nitrogen and oxygen atoms in total. The highest BCUT2D eigenvalue weighted by atomic mass is 35.5. The second-order valence-electron chi connectivity index (χ2n) is 7.35. The van der Waals surface area contributed by atoms with E-state index in [0.717, 1.165) is 4.90 Å². The Bertz CT molecular complexity index is 1370. The zero-order valence-electron chi connectivity index (χ0n) is 18.7. The Balaban J connectivity index is 1.57. The topological polar surface area (TPSA) is 117 Å². The van der Waals surface area contributed by atoms with Crippen molar-refractivity contribution >= 4 is 46.4 Å². The molecule has 178 valence electrons. The van der Waals surface area contributed by atoms with Crippen molar-refractivity contribution in [1.29, 1.82) is 0 Å². The zero-order valence-corrected chi connectivity index (χ0v) is 19.4. The molecule has 0 fully saturated rings. The lowest BCUT2D eigenvalue weighted by atomic mass is 10.1. The van der Waals surface area contributed by atoms with E-state index < -0.39 is 17.7 Å². The van der Waals surface area contributed by atoms with Crippen molar-refractivity contribution in [1.82, 2.24) is 0 Å². The molecule has 10 heteroatoms. The monoisotopic (exact) mass is 493 g/mol. The van der Waals surface area contributed by atoms with Crippen LogP contribution in [0.2, 0.25) is 0 Å². The molecular formula is C25H20ClN3O6. The number of benzene rings is 3. The van der Waals surface area contributed by atoms with Crippen molar-refractivity contribution in [3.63, 3.8) is 0 Å². The van der Waals surface area contributed by atoms with Crippen LogP contribution >= 0.6 is 11.6 Å². The standard InChI is InChI=1S/C25H20ClN3O6/c1-34-16-10-11-18(20(13-16)35-2)29-24(32)21(26)22(25(29)33)27-15-7-5-6-14(12-15)23(31)28-17-8-3-4-9-19(17)30/h3-13,27,30H,1-2H3,(H,28,31). The molecule has 1 heterocycles. The average molecular weight is 494 g/mol. The van der Waals surface area contributed by atoms with Crippen LogP contribution in [-0.4, -0.2) is 37.0 Å². The van der Waals surface area contributed by atoms with Crippen LogP contribution in [0.3, 0.4) is 0 Å². The van der Waals surface area contributed by atoms with Crippen LogP contribution in [0.1, 0.15) is 10.4 Å². The summed E-state index contributed by atoms with van der Waals surface area (Å²) in [5, 5.41) is 15.0. The van der Waals surface area contributed by atoms with E-state index in [1.807, 2.05) is 0 Å². The molecular weight excluding hydrogens is 474 g/mol. The number of rotatable bonds is 7. The summed E-state index contributed by atoms with van der Waals surface area (Å²) in [6.07, 6.45) is 0. The second-order valence-corrected chi connectivity index (χ2v) is 7.73. The van der Waals surface area contributed by atoms with Crippen molar-refractivity contribution in [3.8, 4) is 17.2 Å². The van der Waals surface area contributed by atoms with Crippen LogP contribution in [0, 0.1) is 0 Å². The number of halogens is 1. The Morgan fingerprint density at radius 3 is 2.43 bits per heavy atom. The number of amides is 3. The zero-order chi connectivity index (χ0) is 25.1. The Hall–Kier alpha value is -4.50. The maximum Gasteiger partial charge on any atom is 0.283 e. The largest absolute Gasteiger partial charge is 0.506 e. The van der Waals surface area contributed by atoms with E-state index in [1.54, 1.807) is 48.5 Å². The van der Waals surface area contributed by atoms with Gasteiger partial charge in [0.2, 0.25) is 0 Å². The first-order valence-corrected chi connectivity index (χ1v) is 10.7. The van der Waals surface area contributed by atoms with Crippen molar-refractivity contribution < 1.29 is 29.0 Å². The highest BCUT2D eigenvalue weighted by Gasteiger charge is 2.40. The van der Waals surface area contributed by atoms with Crippen molar-refractivity contribution in [2.75, 3.05) is 29.8 Å². The minimum Gasteiger partial charge on any atom is -0.506 e. The Kier molecular flexibility index (Phi) is 6.61. The minimum atomic E-state index is -0.726. The van der Waals surface area contributed by atoms with Crippen molar-refractivity contribution in [3.05, 3.63) is 83.0 Å². The van der Waals surface area contributed by atoms with Gasteiger partial charge in [0.25, 0.3) is 17.7 Å². The third kappa shape index (κ3) is 4.62. The van der Waals surface area contributed by atoms with Crippen molar-refractivity contribution in [2.24, 2.45) is 0 Å². The minimum absolute atomic E-state index is 0.0730. The first-order valence-electron chi connectivity index (χ1n) is 10.3. The van der Waals surface area contributed by atoms with Crippen LogP contribution < -0.4 is 25.0 Å². The summed E-state index contributed by atoms with van der Waals surface area (Å²) in [5.74, 6) is -1.23. The number of phenols is 1. The van der Waals surface area contributed by atoms with E-state index in [2.05, 4.69) is 10.6 Å². The quantitative estimate of drug-likeness (QED) is 0.335. The summed E-state index contributed by atoms with van der Waals surface area (Å²) in [6.45, 7) is 0. The van der Waals surface area contributed by atoms with Crippen LogP contribution in [0.15, 0.2) is 77.5 Å². The molecule has 0 saturated heterocycles. The van der Waals surface area contributed by atoms with E-state index in [9.17, 15) is 19.5 Å². The number of hydrogen-bond donors (Lipinski definition) is 3. The summed E-state index contributed by atoms with van der Waals surface area (Å²) in [6, 6.07) is 17.2. The SMILES string of the molecule is COc1ccc(N2C(=O)C(Cl)=C(Nc3cccc(C(=O)Nc4ccccc4O)c3)C2=O)c(OC)c1. The van der Waals surface area contributed by atoms with E-state index >= 15 is 0 Å². The number of aromatic hydroxyl groups is 1. The van der Waals surface area contributed by atoms with E-state index in [0.29, 0.717) is 11.4 Å². The lowest BCUT2D eigenvalue weighted by molar-refractivity contribution is -0.120. The molecule has 3 amide bonds. The molecule has 3 aromatic carbocycles. The van der Waals surface area contributed by atoms with Gasteiger partial charge in [0.05, 0.1) is 25.6 Å². The molecule has 4 rings (SSSR count). The first kappa shape index (κ1) is 23.7. The third-order valence-corrected chi connectivity index (χ3v) is 5.55. The van der Waals surface area contributed by atoms with Gasteiger partial charge in [-0.05, 0) is 42.5 Å². The normalized spacial score (nSPS) is 13.2. The summed E-state index contributed by atoms with van der Waals surface area (Å²) < 4.78 is 10.5. The number of imide groups is 1. The number of hydrogen-bond acceptors (Lipinski definition) is 7. The summed E-state index contributed by atoms with van der Waals surface area (Å²) in [4.78, 5) is 39.6. The number of anilines is 3. The highest BCUT2D eigenvalue weighted by molar-refractivity contribution is 6.53. The molecule has 0 aliphatic carbocycles. The molecule has 3 aromatic rings. The molecule has 0 saturated carbocycles. The van der Waals surface area contributed by atoms with Crippen LogP contribution in [-0.2, 0) is 9.59 Å². The van der Waals surface area contributed by atoms with Gasteiger partial charge in [-0.2, -0.15) is 0 Å². The first-order chi connectivity index (χ1) is 16.8. The fourth-order valence-electron chi connectivity index (χ4n) is 3.46. The smallest absolute Gasteiger partial charge is 0.283 e. The predicted molar refractivity (Wildman–Crippen MR) is 131 cm³/mol. The maximum absolute atomic E-state index is 13.2. The fraction of sp³-hybridized carbons (Fsp3) is 0.0800. The lowest BCUT2D eigenvalue weighted by Crippen LogP contribution is -2.32. The van der Waals surface area contributed by atoms with Gasteiger partial charge in [-0.25, -0.2) is 4.90 Å². The van der Waals surface area contributed by atoms with Gasteiger partial charge >= 0.3 is 0 Å². The van der Waals surface area contributed by atoms with Gasteiger partial charge in [0.15, 0.2) is 0 Å². The van der Waals surface area contributed by atoms with Gasteiger partial charge in [-0.1, -0.05) is 29.8 Å². The van der Waals surface area contributed by atoms with E-state index in [-0.39, 0.29) is 39.2 Å². The number of ether oxygens (including phenoxy) is 2. The molecule has 0 spiro atoms. The Labute approximate surface area is 205 Å². The summed E-state index contributed by atoms with van der Waals surface area (Å²) >= 11 is 6.23. The number of methoxy groups -OCH3 is 2. The fourth-order valence-corrected chi connectivity index (χ4v) is 3.67. The number of carbonyl (C=O) groups is 3. The van der Waals surface area contributed by atoms with Crippen LogP contribution in [0.5, 0.6) is 17.2 Å². The van der Waals surface area contributed by atoms with Crippen LogP contribution in [0.4, 0.5) is 17.1 Å². The average Bonchev–Trinajstić information content (AvgIpc) is 3.08. The molecule has 0 atom stereocenters. The Morgan fingerprint density at radius 2 is 1.71 bits per heavy atom. The molecule has 0 bridgehead atoms. The molecule has 0 radical (unpaired) electrons. The summed E-state index contributed by atoms with van der Waals surface area (Å²) in [5.41, 5.74) is 0.914. The molecule has 3 N–H and O–H groups in total. The third-order valence-electron chi connectivity index (χ3n) is 5.20. The van der Waals surface area contributed by atoms with E-state index in [4.69, 9.17) is 21.1 Å². The number of para-hydroxylation sites is 2. The van der Waals surface area contributed by atoms with Gasteiger partial charge in [-0.15, -0.1) is 0 Å². The molecule has 1 aliphatic heterocycles. The van der Waals surface area contributed by atoms with Gasteiger partial charge < -0.3 is 25.2 Å². The van der Waals surface area contributed by atoms with Gasteiger partial charge in [0, 0.05) is 17.3 Å². The van der Waals surface area contributed by atoms with Gasteiger partial charge in [0.1, 0.15) is 28.0 Å². The number of nitrogens with one attached hydrogen (secondary N) is 2. The molecule has 1 aliphatic rings. The number of nitrogens with zero attached hydrogens (tertiary/aromatic N) is 1. The second kappa shape index (κ2) is 9.78. The molecule has 35 heavy (non-hydrogen) atoms. The lowest BCUT2D eigenvalue weighted by Gasteiger charge is -2.18. The van der Waals surface area contributed by atoms with E-state index in [1.165, 1.54) is 32.4 Å². The van der Waals surface area contributed by atoms with Crippen molar-refractivity contribution in [2.45, 2.75) is 0 Å². The number of carbonyl (C=O) groups excluding carboxylic acids is 3. The molecule has 0 unspecified atom stereocenters. The number of phenolic OH excluding ortho intramolecular Hbond substituents is 1.